The van der Waals surface area contributed by atoms with Crippen molar-refractivity contribution in [2.45, 2.75) is 24.0 Å². The number of nitrogens with two attached hydrogens (primary N) is 1. The molecule has 5 nitrogen and oxygen atoms in total. The van der Waals surface area contributed by atoms with Crippen LogP contribution in [0.3, 0.4) is 0 Å². The normalized spacial score (nSPS) is 18.4. The molecule has 8 heteroatoms. The standard InChI is InChI=1S/C19H18ClFN2O3S/c20-18-9-13(7-14-8-16(10-22)26-19(14)18)12-1-3-17(4-2-12)27(24,25)23-6-5-15(21)11-23/h1-4,7-9,15H,5-6,10-11,22H2/t15-/m1/s1. The molecule has 0 spiro atoms. The number of hydrogen-bond donors (Lipinski definition) is 1. The van der Waals surface area contributed by atoms with Gasteiger partial charge in [-0.05, 0) is 47.9 Å². The summed E-state index contributed by atoms with van der Waals surface area (Å²) in [6.45, 7) is 0.408. The Bertz CT molecular complexity index is 1100. The van der Waals surface area contributed by atoms with Crippen LogP contribution < -0.4 is 5.73 Å². The number of benzene rings is 2. The Balaban J connectivity index is 1.67. The van der Waals surface area contributed by atoms with Gasteiger partial charge in [0, 0.05) is 18.5 Å². The highest BCUT2D eigenvalue weighted by Gasteiger charge is 2.32. The minimum absolute atomic E-state index is 0.0830. The van der Waals surface area contributed by atoms with E-state index in [1.807, 2.05) is 12.1 Å². The largest absolute Gasteiger partial charge is 0.458 e. The molecule has 2 heterocycles. The van der Waals surface area contributed by atoms with Gasteiger partial charge in [-0.2, -0.15) is 4.31 Å². The summed E-state index contributed by atoms with van der Waals surface area (Å²) in [5.74, 6) is 0.641. The highest BCUT2D eigenvalue weighted by molar-refractivity contribution is 7.89. The molecule has 1 aliphatic heterocycles. The van der Waals surface area contributed by atoms with E-state index in [-0.39, 0.29) is 31.0 Å². The van der Waals surface area contributed by atoms with Gasteiger partial charge in [0.15, 0.2) is 5.58 Å². The molecule has 0 unspecified atom stereocenters. The first kappa shape index (κ1) is 18.4. The average Bonchev–Trinajstić information content (AvgIpc) is 3.28. The highest BCUT2D eigenvalue weighted by Crippen LogP contribution is 2.33. The second kappa shape index (κ2) is 6.91. The summed E-state index contributed by atoms with van der Waals surface area (Å²) < 4.78 is 45.4. The fourth-order valence-electron chi connectivity index (χ4n) is 3.31. The molecular formula is C19H18ClFN2O3S. The Kier molecular flexibility index (Phi) is 4.71. The Hall–Kier alpha value is -1.93. The van der Waals surface area contributed by atoms with Crippen molar-refractivity contribution in [1.82, 2.24) is 4.31 Å². The molecule has 0 saturated carbocycles. The second-order valence-electron chi connectivity index (χ2n) is 6.57. The molecule has 27 heavy (non-hydrogen) atoms. The van der Waals surface area contributed by atoms with Gasteiger partial charge < -0.3 is 10.2 Å². The van der Waals surface area contributed by atoms with Crippen LogP contribution in [0.1, 0.15) is 12.2 Å². The molecule has 2 aromatic carbocycles. The van der Waals surface area contributed by atoms with E-state index in [9.17, 15) is 12.8 Å². The van der Waals surface area contributed by atoms with Gasteiger partial charge in [0.2, 0.25) is 10.0 Å². The number of hydrogen-bond acceptors (Lipinski definition) is 4. The van der Waals surface area contributed by atoms with Gasteiger partial charge in [-0.15, -0.1) is 0 Å². The lowest BCUT2D eigenvalue weighted by atomic mass is 10.0. The van der Waals surface area contributed by atoms with E-state index in [0.29, 0.717) is 16.4 Å². The molecule has 0 aliphatic carbocycles. The summed E-state index contributed by atoms with van der Waals surface area (Å²) in [5.41, 5.74) is 7.84. The van der Waals surface area contributed by atoms with Crippen molar-refractivity contribution in [3.05, 3.63) is 53.2 Å². The zero-order valence-electron chi connectivity index (χ0n) is 14.4. The SMILES string of the molecule is NCc1cc2cc(-c3ccc(S(=O)(=O)N4CC[C@@H](F)C4)cc3)cc(Cl)c2o1. The third kappa shape index (κ3) is 3.36. The van der Waals surface area contributed by atoms with Gasteiger partial charge in [0.05, 0.1) is 16.5 Å². The molecule has 0 radical (unpaired) electrons. The fourth-order valence-corrected chi connectivity index (χ4v) is 5.05. The van der Waals surface area contributed by atoms with Crippen molar-refractivity contribution in [3.8, 4) is 11.1 Å². The molecule has 3 aromatic rings. The van der Waals surface area contributed by atoms with Gasteiger partial charge in [0.25, 0.3) is 0 Å². The first-order chi connectivity index (χ1) is 12.9. The third-order valence-electron chi connectivity index (χ3n) is 4.74. The van der Waals surface area contributed by atoms with Crippen LogP contribution in [-0.4, -0.2) is 32.0 Å². The fraction of sp³-hybridized carbons (Fsp3) is 0.263. The number of sulfonamides is 1. The van der Waals surface area contributed by atoms with E-state index >= 15 is 0 Å². The van der Waals surface area contributed by atoms with E-state index in [2.05, 4.69) is 0 Å². The number of rotatable bonds is 4. The molecule has 0 amide bonds. The molecule has 1 aromatic heterocycles. The van der Waals surface area contributed by atoms with Crippen molar-refractivity contribution < 1.29 is 17.2 Å². The van der Waals surface area contributed by atoms with Crippen LogP contribution in [0.5, 0.6) is 0 Å². The second-order valence-corrected chi connectivity index (χ2v) is 8.91. The zero-order valence-corrected chi connectivity index (χ0v) is 15.9. The summed E-state index contributed by atoms with van der Waals surface area (Å²) in [7, 11) is -3.68. The monoisotopic (exact) mass is 408 g/mol. The van der Waals surface area contributed by atoms with Crippen LogP contribution in [0.4, 0.5) is 4.39 Å². The number of fused-ring (bicyclic) bond motifs is 1. The van der Waals surface area contributed by atoms with Gasteiger partial charge in [-0.1, -0.05) is 23.7 Å². The quantitative estimate of drug-likeness (QED) is 0.709. The first-order valence-electron chi connectivity index (χ1n) is 8.55. The van der Waals surface area contributed by atoms with Crippen molar-refractivity contribution in [2.24, 2.45) is 5.73 Å². The summed E-state index contributed by atoms with van der Waals surface area (Å²) >= 11 is 6.31. The Morgan fingerprint density at radius 1 is 1.19 bits per heavy atom. The summed E-state index contributed by atoms with van der Waals surface area (Å²) in [4.78, 5) is 0.154. The lowest BCUT2D eigenvalue weighted by molar-refractivity contribution is 0.343. The Labute approximate surface area is 161 Å². The van der Waals surface area contributed by atoms with E-state index in [4.69, 9.17) is 21.8 Å². The van der Waals surface area contributed by atoms with Gasteiger partial charge >= 0.3 is 0 Å². The molecule has 1 atom stereocenters. The van der Waals surface area contributed by atoms with E-state index < -0.39 is 16.2 Å². The first-order valence-corrected chi connectivity index (χ1v) is 10.4. The van der Waals surface area contributed by atoms with Crippen LogP contribution in [0, 0.1) is 0 Å². The number of halogens is 2. The maximum absolute atomic E-state index is 13.4. The third-order valence-corrected chi connectivity index (χ3v) is 6.90. The van der Waals surface area contributed by atoms with E-state index in [1.165, 1.54) is 16.4 Å². The summed E-state index contributed by atoms with van der Waals surface area (Å²) in [5, 5.41) is 1.30. The molecular weight excluding hydrogens is 391 g/mol. The zero-order chi connectivity index (χ0) is 19.2. The topological polar surface area (TPSA) is 76.5 Å². The van der Waals surface area contributed by atoms with Crippen LogP contribution >= 0.6 is 11.6 Å². The number of alkyl halides is 1. The summed E-state index contributed by atoms with van der Waals surface area (Å²) in [6.07, 6.45) is -0.855. The van der Waals surface area contributed by atoms with Gasteiger partial charge in [-0.3, -0.25) is 0 Å². The predicted molar refractivity (Wildman–Crippen MR) is 103 cm³/mol. The van der Waals surface area contributed by atoms with Crippen molar-refractivity contribution in [2.75, 3.05) is 13.1 Å². The van der Waals surface area contributed by atoms with Crippen molar-refractivity contribution >= 4 is 32.6 Å². The minimum atomic E-state index is -3.68. The van der Waals surface area contributed by atoms with Crippen LogP contribution in [-0.2, 0) is 16.6 Å². The maximum Gasteiger partial charge on any atom is 0.243 e. The number of nitrogens with zero attached hydrogens (tertiary/aromatic N) is 1. The number of furan rings is 1. The highest BCUT2D eigenvalue weighted by atomic mass is 35.5. The van der Waals surface area contributed by atoms with Crippen molar-refractivity contribution in [1.29, 1.82) is 0 Å². The molecule has 1 aliphatic rings. The molecule has 142 valence electrons. The lowest BCUT2D eigenvalue weighted by Crippen LogP contribution is -2.29. The molecule has 1 saturated heterocycles. The lowest BCUT2D eigenvalue weighted by Gasteiger charge is -2.15. The average molecular weight is 409 g/mol. The van der Waals surface area contributed by atoms with E-state index in [0.717, 1.165) is 16.5 Å². The molecule has 0 bridgehead atoms. The smallest absolute Gasteiger partial charge is 0.243 e. The summed E-state index contributed by atoms with van der Waals surface area (Å²) in [6, 6.07) is 12.0. The van der Waals surface area contributed by atoms with E-state index in [1.54, 1.807) is 18.2 Å². The van der Waals surface area contributed by atoms with Crippen LogP contribution in [0.15, 0.2) is 51.8 Å². The van der Waals surface area contributed by atoms with Gasteiger partial charge in [-0.25, -0.2) is 12.8 Å². The predicted octanol–water partition coefficient (Wildman–Crippen LogP) is 3.94. The van der Waals surface area contributed by atoms with Crippen LogP contribution in [0.25, 0.3) is 22.1 Å². The van der Waals surface area contributed by atoms with Gasteiger partial charge in [0.1, 0.15) is 11.9 Å². The Morgan fingerprint density at radius 3 is 2.56 bits per heavy atom. The van der Waals surface area contributed by atoms with Crippen molar-refractivity contribution in [3.63, 3.8) is 0 Å². The molecule has 2 N–H and O–H groups in total. The maximum atomic E-state index is 13.4. The van der Waals surface area contributed by atoms with Crippen LogP contribution in [0.2, 0.25) is 5.02 Å². The Morgan fingerprint density at radius 2 is 1.93 bits per heavy atom. The molecule has 1 fully saturated rings. The minimum Gasteiger partial charge on any atom is -0.458 e. The molecule has 4 rings (SSSR count).